The van der Waals surface area contributed by atoms with E-state index in [4.69, 9.17) is 9.97 Å². The zero-order chi connectivity index (χ0) is 19.3. The first-order valence-electron chi connectivity index (χ1n) is 9.62. The number of rotatable bonds is 3. The number of nitriles is 1. The Morgan fingerprint density at radius 3 is 2.46 bits per heavy atom. The lowest BCUT2D eigenvalue weighted by molar-refractivity contribution is 0.889. The summed E-state index contributed by atoms with van der Waals surface area (Å²) in [6.45, 7) is 4.13. The molecule has 1 saturated carbocycles. The first kappa shape index (κ1) is 16.7. The normalized spacial score (nSPS) is 13.6. The molecule has 0 saturated heterocycles. The molecule has 2 heterocycles. The van der Waals surface area contributed by atoms with Crippen LogP contribution in [0.2, 0.25) is 0 Å². The summed E-state index contributed by atoms with van der Waals surface area (Å²) in [7, 11) is 0. The number of nitrogens with zero attached hydrogens (tertiary/aromatic N) is 4. The van der Waals surface area contributed by atoms with Gasteiger partial charge in [0.15, 0.2) is 5.65 Å². The largest absolute Gasteiger partial charge is 0.280 e. The van der Waals surface area contributed by atoms with Crippen LogP contribution in [0, 0.1) is 25.2 Å². The molecule has 0 aliphatic heterocycles. The predicted molar refractivity (Wildman–Crippen MR) is 110 cm³/mol. The molecule has 5 rings (SSSR count). The van der Waals surface area contributed by atoms with E-state index < -0.39 is 0 Å². The summed E-state index contributed by atoms with van der Waals surface area (Å²) >= 11 is 0. The van der Waals surface area contributed by atoms with Crippen LogP contribution in [0.5, 0.6) is 0 Å². The Hall–Kier alpha value is -3.45. The van der Waals surface area contributed by atoms with Crippen molar-refractivity contribution in [1.82, 2.24) is 14.5 Å². The second-order valence-corrected chi connectivity index (χ2v) is 7.54. The van der Waals surface area contributed by atoms with E-state index in [0.717, 1.165) is 39.5 Å². The molecule has 28 heavy (non-hydrogen) atoms. The van der Waals surface area contributed by atoms with Crippen molar-refractivity contribution in [3.63, 3.8) is 0 Å². The highest BCUT2D eigenvalue weighted by Gasteiger charge is 2.31. The van der Waals surface area contributed by atoms with Crippen LogP contribution in [0.25, 0.3) is 28.0 Å². The second-order valence-electron chi connectivity index (χ2n) is 7.54. The molecule has 2 aromatic carbocycles. The van der Waals surface area contributed by atoms with Crippen LogP contribution in [-0.4, -0.2) is 14.5 Å². The molecule has 1 aliphatic carbocycles. The van der Waals surface area contributed by atoms with Crippen LogP contribution in [0.1, 0.15) is 41.4 Å². The van der Waals surface area contributed by atoms with Gasteiger partial charge in [0.2, 0.25) is 0 Å². The number of hydrogen-bond acceptors (Lipinski definition) is 3. The van der Waals surface area contributed by atoms with Gasteiger partial charge in [-0.05, 0) is 67.6 Å². The number of hydrogen-bond donors (Lipinski definition) is 0. The van der Waals surface area contributed by atoms with Crippen molar-refractivity contribution < 1.29 is 0 Å². The summed E-state index contributed by atoms with van der Waals surface area (Å²) in [5, 5.41) is 9.39. The Labute approximate surface area is 164 Å². The fraction of sp³-hybridized carbons (Fsp3) is 0.208. The number of pyridine rings is 1. The summed E-state index contributed by atoms with van der Waals surface area (Å²) in [6, 6.07) is 20.5. The van der Waals surface area contributed by atoms with E-state index in [2.05, 4.69) is 47.9 Å². The maximum absolute atomic E-state index is 9.39. The van der Waals surface area contributed by atoms with E-state index >= 15 is 0 Å². The maximum Gasteiger partial charge on any atom is 0.165 e. The van der Waals surface area contributed by atoms with Crippen LogP contribution in [0.3, 0.4) is 0 Å². The van der Waals surface area contributed by atoms with Gasteiger partial charge >= 0.3 is 0 Å². The highest BCUT2D eigenvalue weighted by Crippen LogP contribution is 2.42. The van der Waals surface area contributed by atoms with Crippen LogP contribution >= 0.6 is 0 Å². The highest BCUT2D eigenvalue weighted by molar-refractivity contribution is 5.79. The SMILES string of the molecule is Cc1cc(C)c2nc(C3CC3)n(-c3ccc(-c4ccccc4C#N)cc3)c2n1. The van der Waals surface area contributed by atoms with Gasteiger partial charge < -0.3 is 0 Å². The van der Waals surface area contributed by atoms with Gasteiger partial charge in [0.1, 0.15) is 11.3 Å². The Bertz CT molecular complexity index is 1240. The molecular formula is C24H20N4. The topological polar surface area (TPSA) is 54.5 Å². The lowest BCUT2D eigenvalue weighted by Gasteiger charge is -2.10. The van der Waals surface area contributed by atoms with Gasteiger partial charge in [0.25, 0.3) is 0 Å². The highest BCUT2D eigenvalue weighted by atomic mass is 15.1. The van der Waals surface area contributed by atoms with Gasteiger partial charge in [0.05, 0.1) is 11.6 Å². The molecule has 0 radical (unpaired) electrons. The standard InChI is InChI=1S/C24H20N4/c1-15-13-16(2)26-24-22(15)27-23(18-7-8-18)28(24)20-11-9-17(10-12-20)21-6-4-3-5-19(21)14-25/h3-6,9-13,18H,7-8H2,1-2H3. The third-order valence-electron chi connectivity index (χ3n) is 5.39. The van der Waals surface area contributed by atoms with Crippen molar-refractivity contribution >= 4 is 11.2 Å². The molecule has 4 nitrogen and oxygen atoms in total. The minimum atomic E-state index is 0.521. The molecule has 4 heteroatoms. The molecule has 1 aliphatic rings. The summed E-state index contributed by atoms with van der Waals surface area (Å²) in [6.07, 6.45) is 2.38. The first-order valence-corrected chi connectivity index (χ1v) is 9.62. The molecule has 1 fully saturated rings. The second kappa shape index (κ2) is 6.31. The van der Waals surface area contributed by atoms with Gasteiger partial charge in [-0.3, -0.25) is 4.57 Å². The average Bonchev–Trinajstić information content (AvgIpc) is 3.49. The molecule has 2 aromatic heterocycles. The third kappa shape index (κ3) is 2.68. The van der Waals surface area contributed by atoms with Crippen molar-refractivity contribution in [2.75, 3.05) is 0 Å². The van der Waals surface area contributed by atoms with Gasteiger partial charge in [-0.2, -0.15) is 5.26 Å². The van der Waals surface area contributed by atoms with Crippen LogP contribution in [0.15, 0.2) is 54.6 Å². The smallest absolute Gasteiger partial charge is 0.165 e. The van der Waals surface area contributed by atoms with Gasteiger partial charge in [-0.25, -0.2) is 9.97 Å². The zero-order valence-corrected chi connectivity index (χ0v) is 16.0. The Morgan fingerprint density at radius 1 is 1.00 bits per heavy atom. The van der Waals surface area contributed by atoms with E-state index in [0.29, 0.717) is 11.5 Å². The molecular weight excluding hydrogens is 344 g/mol. The van der Waals surface area contributed by atoms with Crippen LogP contribution < -0.4 is 0 Å². The van der Waals surface area contributed by atoms with Crippen molar-refractivity contribution in [2.45, 2.75) is 32.6 Å². The van der Waals surface area contributed by atoms with Gasteiger partial charge in [-0.15, -0.1) is 0 Å². The van der Waals surface area contributed by atoms with Crippen molar-refractivity contribution in [1.29, 1.82) is 5.26 Å². The summed E-state index contributed by atoms with van der Waals surface area (Å²) in [4.78, 5) is 9.77. The monoisotopic (exact) mass is 364 g/mol. The Morgan fingerprint density at radius 2 is 1.75 bits per heavy atom. The van der Waals surface area contributed by atoms with E-state index in [1.165, 1.54) is 18.4 Å². The lowest BCUT2D eigenvalue weighted by atomic mass is 10.0. The zero-order valence-electron chi connectivity index (χ0n) is 16.0. The number of aryl methyl sites for hydroxylation is 2. The Balaban J connectivity index is 1.67. The van der Waals surface area contributed by atoms with E-state index in [-0.39, 0.29) is 0 Å². The fourth-order valence-corrected chi connectivity index (χ4v) is 3.87. The van der Waals surface area contributed by atoms with Crippen LogP contribution in [-0.2, 0) is 0 Å². The van der Waals surface area contributed by atoms with E-state index in [1.807, 2.05) is 31.2 Å². The number of imidazole rings is 1. The minimum absolute atomic E-state index is 0.521. The number of fused-ring (bicyclic) bond motifs is 1. The number of benzene rings is 2. The molecule has 0 N–H and O–H groups in total. The van der Waals surface area contributed by atoms with E-state index in [9.17, 15) is 5.26 Å². The van der Waals surface area contributed by atoms with Crippen molar-refractivity contribution in [3.05, 3.63) is 77.2 Å². The lowest BCUT2D eigenvalue weighted by Crippen LogP contribution is -2.01. The van der Waals surface area contributed by atoms with Crippen molar-refractivity contribution in [3.8, 4) is 22.9 Å². The molecule has 0 unspecified atom stereocenters. The third-order valence-corrected chi connectivity index (χ3v) is 5.39. The summed E-state index contributed by atoms with van der Waals surface area (Å²) < 4.78 is 2.22. The Kier molecular flexibility index (Phi) is 3.77. The molecule has 0 atom stereocenters. The molecule has 136 valence electrons. The van der Waals surface area contributed by atoms with Gasteiger partial charge in [-0.1, -0.05) is 30.3 Å². The summed E-state index contributed by atoms with van der Waals surface area (Å²) in [5.74, 6) is 1.63. The van der Waals surface area contributed by atoms with Gasteiger partial charge in [0, 0.05) is 17.3 Å². The average molecular weight is 364 g/mol. The molecule has 0 bridgehead atoms. The quantitative estimate of drug-likeness (QED) is 0.485. The molecule has 4 aromatic rings. The molecule has 0 amide bonds. The van der Waals surface area contributed by atoms with E-state index in [1.54, 1.807) is 0 Å². The fourth-order valence-electron chi connectivity index (χ4n) is 3.87. The number of aromatic nitrogens is 3. The molecule has 0 spiro atoms. The van der Waals surface area contributed by atoms with Crippen LogP contribution in [0.4, 0.5) is 0 Å². The first-order chi connectivity index (χ1) is 13.7. The maximum atomic E-state index is 9.39. The van der Waals surface area contributed by atoms with Crippen molar-refractivity contribution in [2.24, 2.45) is 0 Å². The summed E-state index contributed by atoms with van der Waals surface area (Å²) in [5.41, 5.74) is 7.86. The predicted octanol–water partition coefficient (Wildman–Crippen LogP) is 5.45. The minimum Gasteiger partial charge on any atom is -0.280 e.